The van der Waals surface area contributed by atoms with Gasteiger partial charge in [-0.25, -0.2) is 4.98 Å². The smallest absolute Gasteiger partial charge is 0.262 e. The van der Waals surface area contributed by atoms with Crippen LogP contribution in [0.25, 0.3) is 10.9 Å². The molecule has 1 aromatic heterocycles. The van der Waals surface area contributed by atoms with E-state index < -0.39 is 0 Å². The summed E-state index contributed by atoms with van der Waals surface area (Å²) in [6, 6.07) is 14.4. The molecular formula is C22H24N2O3S. The second-order valence-electron chi connectivity index (χ2n) is 6.79. The summed E-state index contributed by atoms with van der Waals surface area (Å²) in [5.74, 6) is 0.731. The van der Waals surface area contributed by atoms with E-state index in [-0.39, 0.29) is 22.6 Å². The third kappa shape index (κ3) is 3.97. The fourth-order valence-corrected chi connectivity index (χ4v) is 4.28. The predicted molar refractivity (Wildman–Crippen MR) is 114 cm³/mol. The topological polar surface area (TPSA) is 61.2 Å². The number of thioether (sulfide) groups is 1. The van der Waals surface area contributed by atoms with Crippen molar-refractivity contribution in [3.05, 3.63) is 64.4 Å². The molecule has 0 aliphatic rings. The zero-order chi connectivity index (χ0) is 20.3. The highest BCUT2D eigenvalue weighted by atomic mass is 32.2. The number of hydrogen-bond acceptors (Lipinski definition) is 5. The first-order valence-corrected chi connectivity index (χ1v) is 10.2. The van der Waals surface area contributed by atoms with Gasteiger partial charge in [-0.3, -0.25) is 14.2 Å². The molecule has 0 saturated carbocycles. The van der Waals surface area contributed by atoms with Crippen LogP contribution >= 0.6 is 11.8 Å². The molecule has 0 amide bonds. The van der Waals surface area contributed by atoms with Crippen molar-refractivity contribution >= 4 is 28.4 Å². The number of carbonyl (C=O) groups is 1. The lowest BCUT2D eigenvalue weighted by molar-refractivity contribution is 0.0988. The maximum atomic E-state index is 13.0. The normalized spacial score (nSPS) is 12.3. The van der Waals surface area contributed by atoms with Crippen molar-refractivity contribution in [3.63, 3.8) is 0 Å². The monoisotopic (exact) mass is 396 g/mol. The van der Waals surface area contributed by atoms with Gasteiger partial charge in [0.25, 0.3) is 5.56 Å². The number of benzene rings is 2. The number of ether oxygens (including phenoxy) is 1. The number of fused-ring (bicyclic) bond motifs is 1. The Kier molecular flexibility index (Phi) is 6.19. The molecule has 1 unspecified atom stereocenters. The van der Waals surface area contributed by atoms with Gasteiger partial charge in [-0.05, 0) is 56.7 Å². The molecule has 0 aliphatic carbocycles. The van der Waals surface area contributed by atoms with E-state index in [2.05, 4.69) is 0 Å². The highest BCUT2D eigenvalue weighted by molar-refractivity contribution is 8.00. The standard InChI is InChI=1S/C22H24N2O3S/c1-5-19(20(25)15-10-12-16(27-4)13-11-15)28-22-23-18-9-7-6-8-17(18)21(26)24(22)14(2)3/h6-14,19H,5H2,1-4H3. The lowest BCUT2D eigenvalue weighted by atomic mass is 10.1. The van der Waals surface area contributed by atoms with E-state index in [0.29, 0.717) is 33.8 Å². The first kappa shape index (κ1) is 20.1. The molecule has 0 bridgehead atoms. The number of carbonyl (C=O) groups excluding carboxylic acids is 1. The molecule has 0 saturated heterocycles. The van der Waals surface area contributed by atoms with Gasteiger partial charge in [0.2, 0.25) is 0 Å². The van der Waals surface area contributed by atoms with Gasteiger partial charge in [0.05, 0.1) is 23.3 Å². The van der Waals surface area contributed by atoms with Gasteiger partial charge in [-0.2, -0.15) is 0 Å². The van der Waals surface area contributed by atoms with Gasteiger partial charge in [-0.1, -0.05) is 30.8 Å². The Morgan fingerprint density at radius 1 is 1.14 bits per heavy atom. The molecule has 28 heavy (non-hydrogen) atoms. The van der Waals surface area contributed by atoms with Crippen LogP contribution in [0.3, 0.4) is 0 Å². The van der Waals surface area contributed by atoms with Crippen LogP contribution in [0.1, 0.15) is 43.6 Å². The molecule has 5 nitrogen and oxygen atoms in total. The van der Waals surface area contributed by atoms with Gasteiger partial charge in [0.15, 0.2) is 10.9 Å². The minimum absolute atomic E-state index is 0.0212. The van der Waals surface area contributed by atoms with Crippen LogP contribution in [0.5, 0.6) is 5.75 Å². The maximum Gasteiger partial charge on any atom is 0.262 e. The number of ketones is 1. The second kappa shape index (κ2) is 8.61. The average Bonchev–Trinajstić information content (AvgIpc) is 2.71. The minimum Gasteiger partial charge on any atom is -0.497 e. The van der Waals surface area contributed by atoms with Crippen LogP contribution < -0.4 is 10.3 Å². The quantitative estimate of drug-likeness (QED) is 0.328. The summed E-state index contributed by atoms with van der Waals surface area (Å²) >= 11 is 1.36. The summed E-state index contributed by atoms with van der Waals surface area (Å²) in [6.07, 6.45) is 0.635. The summed E-state index contributed by atoms with van der Waals surface area (Å²) in [4.78, 5) is 30.7. The lowest BCUT2D eigenvalue weighted by Gasteiger charge is -2.19. The van der Waals surface area contributed by atoms with Gasteiger partial charge >= 0.3 is 0 Å². The average molecular weight is 397 g/mol. The molecule has 0 radical (unpaired) electrons. The highest BCUT2D eigenvalue weighted by Crippen LogP contribution is 2.29. The van der Waals surface area contributed by atoms with E-state index in [4.69, 9.17) is 9.72 Å². The Balaban J connectivity index is 2.00. The molecule has 1 heterocycles. The van der Waals surface area contributed by atoms with Crippen LogP contribution in [-0.4, -0.2) is 27.7 Å². The second-order valence-corrected chi connectivity index (χ2v) is 7.96. The number of Topliss-reactive ketones (excluding diaryl/α,β-unsaturated/α-hetero) is 1. The number of aromatic nitrogens is 2. The van der Waals surface area contributed by atoms with E-state index in [0.717, 1.165) is 0 Å². The molecule has 0 spiro atoms. The van der Waals surface area contributed by atoms with E-state index in [9.17, 15) is 9.59 Å². The number of hydrogen-bond donors (Lipinski definition) is 0. The molecular weight excluding hydrogens is 372 g/mol. The fraction of sp³-hybridized carbons (Fsp3) is 0.318. The van der Waals surface area contributed by atoms with Crippen LogP contribution in [0.2, 0.25) is 0 Å². The van der Waals surface area contributed by atoms with Crippen LogP contribution in [-0.2, 0) is 0 Å². The van der Waals surface area contributed by atoms with E-state index in [1.54, 1.807) is 42.0 Å². The number of methoxy groups -OCH3 is 1. The van der Waals surface area contributed by atoms with Gasteiger partial charge in [0.1, 0.15) is 5.75 Å². The largest absolute Gasteiger partial charge is 0.497 e. The highest BCUT2D eigenvalue weighted by Gasteiger charge is 2.23. The van der Waals surface area contributed by atoms with Crippen LogP contribution in [0.15, 0.2) is 58.5 Å². The molecule has 146 valence electrons. The maximum absolute atomic E-state index is 13.0. The van der Waals surface area contributed by atoms with E-state index >= 15 is 0 Å². The molecule has 3 rings (SSSR count). The molecule has 0 fully saturated rings. The Morgan fingerprint density at radius 2 is 1.82 bits per heavy atom. The van der Waals surface area contributed by atoms with E-state index in [1.165, 1.54) is 11.8 Å². The molecule has 0 N–H and O–H groups in total. The van der Waals surface area contributed by atoms with Crippen molar-refractivity contribution in [3.8, 4) is 5.75 Å². The third-order valence-electron chi connectivity index (χ3n) is 4.58. The molecule has 2 aromatic carbocycles. The first-order valence-electron chi connectivity index (χ1n) is 9.32. The molecule has 1 atom stereocenters. The van der Waals surface area contributed by atoms with E-state index in [1.807, 2.05) is 39.0 Å². The molecule has 0 aliphatic heterocycles. The number of rotatable bonds is 7. The summed E-state index contributed by atoms with van der Waals surface area (Å²) in [5, 5.41) is 0.842. The van der Waals surface area contributed by atoms with Gasteiger partial charge < -0.3 is 4.74 Å². The van der Waals surface area contributed by atoms with Crippen molar-refractivity contribution in [2.75, 3.05) is 7.11 Å². The lowest BCUT2D eigenvalue weighted by Crippen LogP contribution is -2.27. The van der Waals surface area contributed by atoms with Gasteiger partial charge in [0, 0.05) is 11.6 Å². The molecule has 6 heteroatoms. The summed E-state index contributed by atoms with van der Waals surface area (Å²) in [6.45, 7) is 5.88. The Labute approximate surface area is 168 Å². The Morgan fingerprint density at radius 3 is 2.43 bits per heavy atom. The predicted octanol–water partition coefficient (Wildman–Crippen LogP) is 4.74. The van der Waals surface area contributed by atoms with Crippen molar-refractivity contribution in [2.24, 2.45) is 0 Å². The van der Waals surface area contributed by atoms with Gasteiger partial charge in [-0.15, -0.1) is 0 Å². The van der Waals surface area contributed by atoms with Crippen LogP contribution in [0.4, 0.5) is 0 Å². The minimum atomic E-state index is -0.327. The SMILES string of the molecule is CCC(Sc1nc2ccccc2c(=O)n1C(C)C)C(=O)c1ccc(OC)cc1. The number of nitrogens with zero attached hydrogens (tertiary/aromatic N) is 2. The fourth-order valence-electron chi connectivity index (χ4n) is 3.05. The van der Waals surface area contributed by atoms with Crippen molar-refractivity contribution in [1.82, 2.24) is 9.55 Å². The molecule has 3 aromatic rings. The Hall–Kier alpha value is -2.60. The first-order chi connectivity index (χ1) is 13.5. The zero-order valence-corrected chi connectivity index (χ0v) is 17.3. The summed E-state index contributed by atoms with van der Waals surface area (Å²) in [7, 11) is 1.60. The summed E-state index contributed by atoms with van der Waals surface area (Å²) in [5.41, 5.74) is 1.20. The third-order valence-corrected chi connectivity index (χ3v) is 5.91. The van der Waals surface area contributed by atoms with Crippen molar-refractivity contribution in [1.29, 1.82) is 0 Å². The number of para-hydroxylation sites is 1. The summed E-state index contributed by atoms with van der Waals surface area (Å²) < 4.78 is 6.84. The van der Waals surface area contributed by atoms with Crippen molar-refractivity contribution < 1.29 is 9.53 Å². The van der Waals surface area contributed by atoms with Crippen LogP contribution in [0, 0.1) is 0 Å². The van der Waals surface area contributed by atoms with Crippen molar-refractivity contribution in [2.45, 2.75) is 43.6 Å². The zero-order valence-electron chi connectivity index (χ0n) is 16.5. The Bertz CT molecular complexity index is 1040.